The van der Waals surface area contributed by atoms with Crippen LogP contribution in [0.15, 0.2) is 0 Å². The van der Waals surface area contributed by atoms with Gasteiger partial charge < -0.3 is 10.2 Å². The van der Waals surface area contributed by atoms with Crippen LogP contribution < -0.4 is 5.32 Å². The number of piperazine rings is 1. The summed E-state index contributed by atoms with van der Waals surface area (Å²) in [7, 11) is 2.14. The summed E-state index contributed by atoms with van der Waals surface area (Å²) in [6, 6.07) is 0.564. The zero-order valence-electron chi connectivity index (χ0n) is 10.2. The van der Waals surface area contributed by atoms with Gasteiger partial charge in [-0.3, -0.25) is 9.69 Å². The van der Waals surface area contributed by atoms with Crippen molar-refractivity contribution in [3.8, 4) is 12.3 Å². The van der Waals surface area contributed by atoms with Crippen LogP contribution in [0.2, 0.25) is 0 Å². The van der Waals surface area contributed by atoms with Gasteiger partial charge in [0.2, 0.25) is 5.91 Å². The van der Waals surface area contributed by atoms with Crippen molar-refractivity contribution in [3.05, 3.63) is 0 Å². The molecule has 4 heteroatoms. The first-order valence-electron chi connectivity index (χ1n) is 5.80. The first-order valence-corrected chi connectivity index (χ1v) is 5.80. The van der Waals surface area contributed by atoms with Crippen LogP contribution in [-0.2, 0) is 4.79 Å². The number of terminal acetylenes is 1. The Morgan fingerprint density at radius 1 is 1.56 bits per heavy atom. The van der Waals surface area contributed by atoms with E-state index < -0.39 is 0 Å². The predicted octanol–water partition coefficient (Wildman–Crippen LogP) is -0.238. The summed E-state index contributed by atoms with van der Waals surface area (Å²) in [5.41, 5.74) is 0. The van der Waals surface area contributed by atoms with Gasteiger partial charge in [-0.25, -0.2) is 0 Å². The molecule has 1 aliphatic rings. The lowest BCUT2D eigenvalue weighted by atomic mass is 10.1. The Kier molecular flexibility index (Phi) is 5.30. The van der Waals surface area contributed by atoms with Gasteiger partial charge in [0.15, 0.2) is 0 Å². The van der Waals surface area contributed by atoms with Crippen LogP contribution in [-0.4, -0.2) is 61.5 Å². The third-order valence-electron chi connectivity index (χ3n) is 3.09. The van der Waals surface area contributed by atoms with Gasteiger partial charge in [0, 0.05) is 25.7 Å². The molecule has 1 atom stereocenters. The fraction of sp³-hybridized carbons (Fsp3) is 0.750. The average molecular weight is 223 g/mol. The molecule has 0 saturated carbocycles. The average Bonchev–Trinajstić information content (AvgIpc) is 2.29. The molecule has 0 aromatic rings. The van der Waals surface area contributed by atoms with Crippen molar-refractivity contribution in [2.45, 2.75) is 19.4 Å². The van der Waals surface area contributed by atoms with Gasteiger partial charge >= 0.3 is 0 Å². The van der Waals surface area contributed by atoms with E-state index in [1.54, 1.807) is 0 Å². The highest BCUT2D eigenvalue weighted by Gasteiger charge is 2.23. The molecule has 1 rings (SSSR count). The Bertz CT molecular complexity index is 272. The minimum atomic E-state index is 0.0253. The zero-order chi connectivity index (χ0) is 12.0. The lowest BCUT2D eigenvalue weighted by Gasteiger charge is -2.38. The number of nitrogens with zero attached hydrogens (tertiary/aromatic N) is 2. The smallest absolute Gasteiger partial charge is 0.234 e. The van der Waals surface area contributed by atoms with Gasteiger partial charge in [0.05, 0.1) is 13.1 Å². The molecule has 1 saturated heterocycles. The summed E-state index contributed by atoms with van der Waals surface area (Å²) in [4.78, 5) is 16.0. The first-order chi connectivity index (χ1) is 7.67. The molecular formula is C12H21N3O. The predicted molar refractivity (Wildman–Crippen MR) is 65.0 cm³/mol. The van der Waals surface area contributed by atoms with Gasteiger partial charge in [-0.2, -0.15) is 0 Å². The van der Waals surface area contributed by atoms with E-state index in [0.29, 0.717) is 19.1 Å². The van der Waals surface area contributed by atoms with E-state index in [1.165, 1.54) is 0 Å². The lowest BCUT2D eigenvalue weighted by molar-refractivity contribution is -0.122. The zero-order valence-corrected chi connectivity index (χ0v) is 10.2. The van der Waals surface area contributed by atoms with Crippen LogP contribution in [0.5, 0.6) is 0 Å². The highest BCUT2D eigenvalue weighted by molar-refractivity contribution is 5.78. The van der Waals surface area contributed by atoms with Gasteiger partial charge in [-0.05, 0) is 13.5 Å². The standard InChI is InChI=1S/C12H21N3O/c1-4-6-13-12(16)10-15-8-7-14(3)11(5-2)9-15/h1,11H,5-10H2,2-3H3,(H,13,16). The molecule has 0 spiro atoms. The minimum Gasteiger partial charge on any atom is -0.344 e. The van der Waals surface area contributed by atoms with Crippen molar-refractivity contribution in [1.82, 2.24) is 15.1 Å². The summed E-state index contributed by atoms with van der Waals surface area (Å²) in [5, 5.41) is 2.69. The van der Waals surface area contributed by atoms with Crippen LogP contribution in [0, 0.1) is 12.3 Å². The molecule has 90 valence electrons. The molecule has 16 heavy (non-hydrogen) atoms. The SMILES string of the molecule is C#CCNC(=O)CN1CCN(C)C(CC)C1. The molecule has 0 aromatic carbocycles. The van der Waals surface area contributed by atoms with E-state index in [2.05, 4.69) is 35.0 Å². The summed E-state index contributed by atoms with van der Waals surface area (Å²) in [6.07, 6.45) is 6.21. The second kappa shape index (κ2) is 6.51. The van der Waals surface area contributed by atoms with Crippen LogP contribution in [0.1, 0.15) is 13.3 Å². The second-order valence-electron chi connectivity index (χ2n) is 4.26. The number of carbonyl (C=O) groups is 1. The normalized spacial score (nSPS) is 22.7. The molecule has 1 N–H and O–H groups in total. The molecular weight excluding hydrogens is 202 g/mol. The summed E-state index contributed by atoms with van der Waals surface area (Å²) in [5.74, 6) is 2.43. The Morgan fingerprint density at radius 3 is 2.94 bits per heavy atom. The molecule has 0 bridgehead atoms. The van der Waals surface area contributed by atoms with Crippen molar-refractivity contribution in [2.75, 3.05) is 39.8 Å². The maximum absolute atomic E-state index is 11.5. The number of nitrogens with one attached hydrogen (secondary N) is 1. The number of carbonyl (C=O) groups excluding carboxylic acids is 1. The van der Waals surface area contributed by atoms with E-state index in [9.17, 15) is 4.79 Å². The summed E-state index contributed by atoms with van der Waals surface area (Å²) in [6.45, 7) is 5.92. The molecule has 1 unspecified atom stereocenters. The van der Waals surface area contributed by atoms with Gasteiger partial charge in [0.1, 0.15) is 0 Å². The number of hydrogen-bond donors (Lipinski definition) is 1. The van der Waals surface area contributed by atoms with Gasteiger partial charge in [0.25, 0.3) is 0 Å². The molecule has 1 aliphatic heterocycles. The number of likely N-dealkylation sites (N-methyl/N-ethyl adjacent to an activating group) is 1. The van der Waals surface area contributed by atoms with Crippen LogP contribution in [0.4, 0.5) is 0 Å². The Hall–Kier alpha value is -1.05. The summed E-state index contributed by atoms with van der Waals surface area (Å²) >= 11 is 0. The summed E-state index contributed by atoms with van der Waals surface area (Å²) < 4.78 is 0. The highest BCUT2D eigenvalue weighted by atomic mass is 16.2. The van der Waals surface area contributed by atoms with Crippen LogP contribution >= 0.6 is 0 Å². The quantitative estimate of drug-likeness (QED) is 0.668. The van der Waals surface area contributed by atoms with Gasteiger partial charge in [-0.1, -0.05) is 12.8 Å². The molecule has 1 heterocycles. The third kappa shape index (κ3) is 3.84. The molecule has 1 fully saturated rings. The number of hydrogen-bond acceptors (Lipinski definition) is 3. The van der Waals surface area contributed by atoms with E-state index in [4.69, 9.17) is 6.42 Å². The minimum absolute atomic E-state index is 0.0253. The Morgan fingerprint density at radius 2 is 2.31 bits per heavy atom. The molecule has 0 aliphatic carbocycles. The fourth-order valence-corrected chi connectivity index (χ4v) is 2.00. The van der Waals surface area contributed by atoms with E-state index in [1.807, 2.05) is 0 Å². The van der Waals surface area contributed by atoms with E-state index in [0.717, 1.165) is 26.1 Å². The number of amides is 1. The third-order valence-corrected chi connectivity index (χ3v) is 3.09. The van der Waals surface area contributed by atoms with Crippen molar-refractivity contribution >= 4 is 5.91 Å². The largest absolute Gasteiger partial charge is 0.344 e. The molecule has 4 nitrogen and oxygen atoms in total. The second-order valence-corrected chi connectivity index (χ2v) is 4.26. The molecule has 0 aromatic heterocycles. The monoisotopic (exact) mass is 223 g/mol. The van der Waals surface area contributed by atoms with Crippen molar-refractivity contribution in [3.63, 3.8) is 0 Å². The topological polar surface area (TPSA) is 35.6 Å². The first kappa shape index (κ1) is 13.0. The van der Waals surface area contributed by atoms with Gasteiger partial charge in [-0.15, -0.1) is 6.42 Å². The highest BCUT2D eigenvalue weighted by Crippen LogP contribution is 2.09. The van der Waals surface area contributed by atoms with Crippen LogP contribution in [0.3, 0.4) is 0 Å². The molecule has 1 amide bonds. The van der Waals surface area contributed by atoms with E-state index in [-0.39, 0.29) is 5.91 Å². The van der Waals surface area contributed by atoms with Crippen LogP contribution in [0.25, 0.3) is 0 Å². The molecule has 0 radical (unpaired) electrons. The Balaban J connectivity index is 2.33. The maximum Gasteiger partial charge on any atom is 0.234 e. The lowest BCUT2D eigenvalue weighted by Crippen LogP contribution is -2.53. The number of rotatable bonds is 4. The van der Waals surface area contributed by atoms with Crippen molar-refractivity contribution in [1.29, 1.82) is 0 Å². The van der Waals surface area contributed by atoms with Crippen molar-refractivity contribution < 1.29 is 4.79 Å². The Labute approximate surface area is 98.0 Å². The van der Waals surface area contributed by atoms with Crippen molar-refractivity contribution in [2.24, 2.45) is 0 Å². The fourth-order valence-electron chi connectivity index (χ4n) is 2.00. The van der Waals surface area contributed by atoms with E-state index >= 15 is 0 Å². The maximum atomic E-state index is 11.5.